The van der Waals surface area contributed by atoms with Crippen LogP contribution in [0.15, 0.2) is 24.7 Å². The minimum atomic E-state index is -0.359. The number of thiophene rings is 1. The summed E-state index contributed by atoms with van der Waals surface area (Å²) in [6.07, 6.45) is 6.63. The molecular weight excluding hydrogens is 464 g/mol. The number of rotatable bonds is 5. The maximum absolute atomic E-state index is 13.6. The van der Waals surface area contributed by atoms with Gasteiger partial charge in [-0.1, -0.05) is 6.92 Å². The largest absolute Gasteiger partial charge is 0.494 e. The molecule has 2 N–H and O–H groups in total. The molecule has 1 aliphatic heterocycles. The molecule has 9 nitrogen and oxygen atoms in total. The number of aromatic amines is 1. The number of hydrogen-bond donors (Lipinski definition) is 2. The van der Waals surface area contributed by atoms with Crippen molar-refractivity contribution in [3.8, 4) is 5.75 Å². The highest BCUT2D eigenvalue weighted by molar-refractivity contribution is 7.19. The fraction of sp³-hybridized carbons (Fsp3) is 0.440. The molecule has 35 heavy (non-hydrogen) atoms. The van der Waals surface area contributed by atoms with Crippen LogP contribution in [0.4, 0.5) is 11.5 Å². The Morgan fingerprint density at radius 2 is 2.17 bits per heavy atom. The van der Waals surface area contributed by atoms with Crippen molar-refractivity contribution in [2.24, 2.45) is 5.41 Å². The van der Waals surface area contributed by atoms with E-state index in [0.717, 1.165) is 58.3 Å². The fourth-order valence-electron chi connectivity index (χ4n) is 5.40. The van der Waals surface area contributed by atoms with Gasteiger partial charge in [-0.05, 0) is 37.3 Å². The van der Waals surface area contributed by atoms with Gasteiger partial charge >= 0.3 is 0 Å². The molecule has 1 fully saturated rings. The molecule has 1 aromatic carbocycles. The Balaban J connectivity index is 1.36. The Bertz CT molecular complexity index is 1410. The predicted molar refractivity (Wildman–Crippen MR) is 135 cm³/mol. The number of aromatic nitrogens is 4. The number of morpholine rings is 1. The lowest BCUT2D eigenvalue weighted by Gasteiger charge is -2.40. The zero-order valence-corrected chi connectivity index (χ0v) is 20.7. The van der Waals surface area contributed by atoms with Crippen LogP contribution in [-0.2, 0) is 22.4 Å². The molecule has 10 heteroatoms. The molecule has 1 saturated heterocycles. The molecule has 1 aliphatic carbocycles. The van der Waals surface area contributed by atoms with Crippen LogP contribution in [0.3, 0.4) is 0 Å². The second-order valence-corrected chi connectivity index (χ2v) is 10.3. The van der Waals surface area contributed by atoms with E-state index in [1.807, 2.05) is 17.0 Å². The molecule has 0 spiro atoms. The number of carbonyl (C=O) groups excluding carboxylic acids is 1. The van der Waals surface area contributed by atoms with Crippen molar-refractivity contribution in [3.63, 3.8) is 0 Å². The van der Waals surface area contributed by atoms with Gasteiger partial charge in [0.05, 0.1) is 48.5 Å². The van der Waals surface area contributed by atoms with Crippen LogP contribution in [0.5, 0.6) is 5.75 Å². The number of fused-ring (bicyclic) bond motifs is 4. The summed E-state index contributed by atoms with van der Waals surface area (Å²) in [4.78, 5) is 27.0. The molecule has 0 radical (unpaired) electrons. The standard InChI is InChI=1S/C25H28N6O3S/c1-3-25(24(32)31-6-8-34-9-7-31)5-4-16-20(12-25)35-23-21(16)22(26-14-27-23)29-18-10-15-13-28-30-17(15)11-19(18)33-2/h10-11,13-14H,3-9,12H2,1-2H3,(H,28,30)(H,26,27,29)/t25-/m1/s1. The first kappa shape index (κ1) is 22.2. The molecule has 4 heterocycles. The van der Waals surface area contributed by atoms with Gasteiger partial charge in [0.25, 0.3) is 0 Å². The Labute approximate surface area is 206 Å². The van der Waals surface area contributed by atoms with E-state index in [-0.39, 0.29) is 11.3 Å². The Morgan fingerprint density at radius 3 is 2.97 bits per heavy atom. The summed E-state index contributed by atoms with van der Waals surface area (Å²) in [5, 5.41) is 12.6. The monoisotopic (exact) mass is 492 g/mol. The van der Waals surface area contributed by atoms with Gasteiger partial charge < -0.3 is 19.7 Å². The number of H-pyrrole nitrogens is 1. The van der Waals surface area contributed by atoms with Gasteiger partial charge in [0, 0.05) is 29.4 Å². The van der Waals surface area contributed by atoms with Crippen molar-refractivity contribution in [2.45, 2.75) is 32.6 Å². The number of carbonyl (C=O) groups is 1. The summed E-state index contributed by atoms with van der Waals surface area (Å²) < 4.78 is 11.1. The van der Waals surface area contributed by atoms with E-state index in [1.165, 1.54) is 10.4 Å². The van der Waals surface area contributed by atoms with Crippen LogP contribution in [-0.4, -0.2) is 64.4 Å². The molecule has 4 aromatic rings. The number of aryl methyl sites for hydroxylation is 1. The van der Waals surface area contributed by atoms with Crippen molar-refractivity contribution in [1.29, 1.82) is 0 Å². The van der Waals surface area contributed by atoms with Gasteiger partial charge in [0.2, 0.25) is 5.91 Å². The van der Waals surface area contributed by atoms with E-state index in [2.05, 4.69) is 32.4 Å². The highest BCUT2D eigenvalue weighted by atomic mass is 32.1. The highest BCUT2D eigenvalue weighted by Crippen LogP contribution is 2.47. The van der Waals surface area contributed by atoms with Crippen LogP contribution in [0, 0.1) is 5.41 Å². The van der Waals surface area contributed by atoms with Gasteiger partial charge in [-0.3, -0.25) is 9.89 Å². The van der Waals surface area contributed by atoms with Crippen molar-refractivity contribution in [1.82, 2.24) is 25.1 Å². The fourth-order valence-corrected chi connectivity index (χ4v) is 6.73. The third-order valence-electron chi connectivity index (χ3n) is 7.47. The third kappa shape index (κ3) is 3.71. The number of nitrogens with one attached hydrogen (secondary N) is 2. The molecule has 0 bridgehead atoms. The summed E-state index contributed by atoms with van der Waals surface area (Å²) in [5.41, 5.74) is 2.63. The quantitative estimate of drug-likeness (QED) is 0.433. The number of anilines is 2. The zero-order chi connectivity index (χ0) is 24.0. The molecule has 6 rings (SSSR count). The summed E-state index contributed by atoms with van der Waals surface area (Å²) in [5.74, 6) is 1.74. The van der Waals surface area contributed by atoms with Crippen LogP contribution in [0.25, 0.3) is 21.1 Å². The van der Waals surface area contributed by atoms with Crippen molar-refractivity contribution in [2.75, 3.05) is 38.7 Å². The molecule has 182 valence electrons. The first-order valence-electron chi connectivity index (χ1n) is 12.0. The van der Waals surface area contributed by atoms with Gasteiger partial charge in [-0.15, -0.1) is 11.3 Å². The maximum Gasteiger partial charge on any atom is 0.229 e. The third-order valence-corrected chi connectivity index (χ3v) is 8.61. The lowest BCUT2D eigenvalue weighted by atomic mass is 9.71. The Kier molecular flexibility index (Phi) is 5.57. The minimum Gasteiger partial charge on any atom is -0.494 e. The smallest absolute Gasteiger partial charge is 0.229 e. The van der Waals surface area contributed by atoms with Crippen molar-refractivity contribution < 1.29 is 14.3 Å². The molecule has 2 aliphatic rings. The number of amides is 1. The summed E-state index contributed by atoms with van der Waals surface area (Å²) in [6, 6.07) is 3.94. The Hall–Kier alpha value is -3.24. The van der Waals surface area contributed by atoms with Crippen LogP contribution in [0.1, 0.15) is 30.2 Å². The predicted octanol–water partition coefficient (Wildman–Crippen LogP) is 4.06. The summed E-state index contributed by atoms with van der Waals surface area (Å²) in [6.45, 7) is 4.75. The summed E-state index contributed by atoms with van der Waals surface area (Å²) in [7, 11) is 1.65. The number of ether oxygens (including phenoxy) is 2. The normalized spacial score (nSPS) is 20.2. The minimum absolute atomic E-state index is 0.272. The van der Waals surface area contributed by atoms with Gasteiger partial charge in [0.15, 0.2) is 0 Å². The van der Waals surface area contributed by atoms with E-state index in [1.54, 1.807) is 31.0 Å². The molecule has 3 aromatic heterocycles. The maximum atomic E-state index is 13.6. The van der Waals surface area contributed by atoms with E-state index in [9.17, 15) is 4.79 Å². The van der Waals surface area contributed by atoms with Crippen LogP contribution >= 0.6 is 11.3 Å². The van der Waals surface area contributed by atoms with Crippen LogP contribution < -0.4 is 10.1 Å². The topological polar surface area (TPSA) is 105 Å². The van der Waals surface area contributed by atoms with E-state index in [4.69, 9.17) is 9.47 Å². The van der Waals surface area contributed by atoms with E-state index >= 15 is 0 Å². The molecule has 0 unspecified atom stereocenters. The van der Waals surface area contributed by atoms with Crippen molar-refractivity contribution in [3.05, 3.63) is 35.1 Å². The molecule has 1 amide bonds. The SMILES string of the molecule is CC[C@@]1(C(=O)N2CCOCC2)CCc2c(sc3ncnc(Nc4cc5cn[nH]c5cc4OC)c23)C1. The number of benzene rings is 1. The Morgan fingerprint density at radius 1 is 1.31 bits per heavy atom. The second kappa shape index (κ2) is 8.76. The number of methoxy groups -OCH3 is 1. The average Bonchev–Trinajstić information content (AvgIpc) is 3.51. The number of nitrogens with zero attached hydrogens (tertiary/aromatic N) is 4. The lowest BCUT2D eigenvalue weighted by Crippen LogP contribution is -2.50. The summed E-state index contributed by atoms with van der Waals surface area (Å²) >= 11 is 1.69. The van der Waals surface area contributed by atoms with E-state index in [0.29, 0.717) is 32.1 Å². The average molecular weight is 493 g/mol. The highest BCUT2D eigenvalue weighted by Gasteiger charge is 2.44. The first-order valence-corrected chi connectivity index (χ1v) is 12.8. The van der Waals surface area contributed by atoms with Gasteiger partial charge in [-0.25, -0.2) is 9.97 Å². The van der Waals surface area contributed by atoms with Gasteiger partial charge in [-0.2, -0.15) is 5.10 Å². The second-order valence-electron chi connectivity index (χ2n) is 9.26. The molecule has 0 saturated carbocycles. The molecular formula is C25H28N6O3S. The van der Waals surface area contributed by atoms with Gasteiger partial charge in [0.1, 0.15) is 22.7 Å². The first-order chi connectivity index (χ1) is 17.1. The van der Waals surface area contributed by atoms with Crippen molar-refractivity contribution >= 4 is 49.9 Å². The molecule has 1 atom stereocenters. The lowest BCUT2D eigenvalue weighted by molar-refractivity contribution is -0.147. The zero-order valence-electron chi connectivity index (χ0n) is 19.9. The number of hydrogen-bond acceptors (Lipinski definition) is 8. The van der Waals surface area contributed by atoms with E-state index < -0.39 is 0 Å². The van der Waals surface area contributed by atoms with Crippen LogP contribution in [0.2, 0.25) is 0 Å².